The van der Waals surface area contributed by atoms with Crippen molar-refractivity contribution < 1.29 is 15.0 Å². The van der Waals surface area contributed by atoms with Crippen molar-refractivity contribution in [3.05, 3.63) is 0 Å². The maximum Gasteiger partial charge on any atom is 0.314 e. The molecule has 0 aromatic heterocycles. The van der Waals surface area contributed by atoms with E-state index >= 15 is 0 Å². The molecule has 2 amide bonds. The Kier molecular flexibility index (Phi) is 3.24. The van der Waals surface area contributed by atoms with E-state index in [9.17, 15) is 4.79 Å². The summed E-state index contributed by atoms with van der Waals surface area (Å²) in [4.78, 5) is 10.2. The molecule has 0 heterocycles. The number of nitrogens with one attached hydrogen (secondary N) is 1. The van der Waals surface area contributed by atoms with Crippen LogP contribution in [-0.4, -0.2) is 34.6 Å². The van der Waals surface area contributed by atoms with Gasteiger partial charge in [0.15, 0.2) is 0 Å². The standard InChI is InChI=1S/C5H13N3O3/c1-5(7,2-9)3(10)8-4(6)11/h3,9-10H,2,7H2,1H3,(H3,6,8,11). The monoisotopic (exact) mass is 163 g/mol. The van der Waals surface area contributed by atoms with E-state index < -0.39 is 24.4 Å². The fraction of sp³-hybridized carbons (Fsp3) is 0.800. The summed E-state index contributed by atoms with van der Waals surface area (Å²) < 4.78 is 0. The smallest absolute Gasteiger partial charge is 0.314 e. The Hall–Kier alpha value is -0.850. The quantitative estimate of drug-likeness (QED) is 0.300. The average Bonchev–Trinajstić information content (AvgIpc) is 1.86. The molecule has 6 heteroatoms. The molecule has 0 bridgehead atoms. The van der Waals surface area contributed by atoms with Gasteiger partial charge in [0.2, 0.25) is 0 Å². The van der Waals surface area contributed by atoms with Gasteiger partial charge in [-0.05, 0) is 6.92 Å². The molecule has 66 valence electrons. The summed E-state index contributed by atoms with van der Waals surface area (Å²) in [7, 11) is 0. The number of hydrogen-bond donors (Lipinski definition) is 5. The zero-order chi connectivity index (χ0) is 9.07. The van der Waals surface area contributed by atoms with Crippen LogP contribution in [0.2, 0.25) is 0 Å². The molecule has 0 aliphatic rings. The second kappa shape index (κ2) is 3.51. The van der Waals surface area contributed by atoms with Gasteiger partial charge in [0.25, 0.3) is 0 Å². The Balaban J connectivity index is 4.01. The van der Waals surface area contributed by atoms with Crippen LogP contribution in [0, 0.1) is 0 Å². The molecule has 2 atom stereocenters. The fourth-order valence-electron chi connectivity index (χ4n) is 0.386. The van der Waals surface area contributed by atoms with Crippen LogP contribution in [0.15, 0.2) is 0 Å². The molecule has 0 aliphatic heterocycles. The highest BCUT2D eigenvalue weighted by atomic mass is 16.3. The van der Waals surface area contributed by atoms with Gasteiger partial charge in [-0.3, -0.25) is 0 Å². The van der Waals surface area contributed by atoms with Crippen molar-refractivity contribution in [1.82, 2.24) is 5.32 Å². The molecule has 0 spiro atoms. The molecule has 0 radical (unpaired) electrons. The van der Waals surface area contributed by atoms with Crippen LogP contribution in [0.5, 0.6) is 0 Å². The van der Waals surface area contributed by atoms with Crippen LogP contribution < -0.4 is 16.8 Å². The van der Waals surface area contributed by atoms with Gasteiger partial charge in [-0.1, -0.05) is 0 Å². The SMILES string of the molecule is CC(N)(CO)C(O)NC(N)=O. The number of urea groups is 1. The van der Waals surface area contributed by atoms with E-state index in [-0.39, 0.29) is 0 Å². The molecular formula is C5H13N3O3. The number of rotatable bonds is 3. The molecule has 6 nitrogen and oxygen atoms in total. The number of amides is 2. The first-order chi connectivity index (χ1) is 4.90. The first-order valence-corrected chi connectivity index (χ1v) is 3.04. The van der Waals surface area contributed by atoms with Crippen molar-refractivity contribution in [2.45, 2.75) is 18.7 Å². The van der Waals surface area contributed by atoms with Crippen LogP contribution in [0.25, 0.3) is 0 Å². The second-order valence-corrected chi connectivity index (χ2v) is 2.58. The highest BCUT2D eigenvalue weighted by molar-refractivity contribution is 5.71. The minimum Gasteiger partial charge on any atom is -0.394 e. The van der Waals surface area contributed by atoms with E-state index in [4.69, 9.17) is 21.7 Å². The molecule has 0 saturated carbocycles. The molecule has 0 fully saturated rings. The minimum atomic E-state index is -1.34. The van der Waals surface area contributed by atoms with Crippen molar-refractivity contribution in [2.24, 2.45) is 11.5 Å². The van der Waals surface area contributed by atoms with Gasteiger partial charge >= 0.3 is 6.03 Å². The van der Waals surface area contributed by atoms with Crippen LogP contribution >= 0.6 is 0 Å². The van der Waals surface area contributed by atoms with E-state index in [0.29, 0.717) is 0 Å². The van der Waals surface area contributed by atoms with Gasteiger partial charge in [0.1, 0.15) is 6.23 Å². The Morgan fingerprint density at radius 3 is 2.55 bits per heavy atom. The normalized spacial score (nSPS) is 18.5. The van der Waals surface area contributed by atoms with E-state index in [1.807, 2.05) is 5.32 Å². The highest BCUT2D eigenvalue weighted by Gasteiger charge is 2.28. The second-order valence-electron chi connectivity index (χ2n) is 2.58. The largest absolute Gasteiger partial charge is 0.394 e. The Morgan fingerprint density at radius 2 is 2.27 bits per heavy atom. The summed E-state index contributed by atoms with van der Waals surface area (Å²) in [6.07, 6.45) is -1.34. The average molecular weight is 163 g/mol. The maximum atomic E-state index is 10.2. The lowest BCUT2D eigenvalue weighted by Gasteiger charge is -2.27. The Morgan fingerprint density at radius 1 is 1.82 bits per heavy atom. The number of carbonyl (C=O) groups excluding carboxylic acids is 1. The van der Waals surface area contributed by atoms with E-state index in [1.165, 1.54) is 6.92 Å². The molecule has 7 N–H and O–H groups in total. The van der Waals surface area contributed by atoms with Crippen LogP contribution in [-0.2, 0) is 0 Å². The third-order valence-electron chi connectivity index (χ3n) is 1.24. The lowest BCUT2D eigenvalue weighted by Crippen LogP contribution is -2.59. The highest BCUT2D eigenvalue weighted by Crippen LogP contribution is 2.01. The summed E-state index contributed by atoms with van der Waals surface area (Å²) >= 11 is 0. The number of carbonyl (C=O) groups is 1. The first kappa shape index (κ1) is 10.2. The van der Waals surface area contributed by atoms with E-state index in [0.717, 1.165) is 0 Å². The van der Waals surface area contributed by atoms with Crippen molar-refractivity contribution in [3.63, 3.8) is 0 Å². The van der Waals surface area contributed by atoms with Gasteiger partial charge in [-0.15, -0.1) is 0 Å². The molecule has 0 saturated heterocycles. The van der Waals surface area contributed by atoms with E-state index in [2.05, 4.69) is 0 Å². The number of aliphatic hydroxyl groups is 2. The van der Waals surface area contributed by atoms with Crippen molar-refractivity contribution >= 4 is 6.03 Å². The van der Waals surface area contributed by atoms with Crippen molar-refractivity contribution in [2.75, 3.05) is 6.61 Å². The van der Waals surface area contributed by atoms with Gasteiger partial charge in [0.05, 0.1) is 12.1 Å². The number of nitrogens with two attached hydrogens (primary N) is 2. The zero-order valence-corrected chi connectivity index (χ0v) is 6.24. The van der Waals surface area contributed by atoms with Gasteiger partial charge in [-0.2, -0.15) is 0 Å². The van der Waals surface area contributed by atoms with E-state index in [1.54, 1.807) is 0 Å². The predicted octanol–water partition coefficient (Wildman–Crippen LogP) is -2.32. The third-order valence-corrected chi connectivity index (χ3v) is 1.24. The Labute approximate surface area is 64.2 Å². The topological polar surface area (TPSA) is 122 Å². The molecule has 0 aromatic rings. The lowest BCUT2D eigenvalue weighted by atomic mass is 10.0. The summed E-state index contributed by atoms with van der Waals surface area (Å²) in [5, 5.41) is 19.6. The first-order valence-electron chi connectivity index (χ1n) is 3.04. The summed E-state index contributed by atoms with van der Waals surface area (Å²) in [5.74, 6) is 0. The lowest BCUT2D eigenvalue weighted by molar-refractivity contribution is 0.0381. The summed E-state index contributed by atoms with van der Waals surface area (Å²) in [6, 6.07) is -0.886. The van der Waals surface area contributed by atoms with Crippen molar-refractivity contribution in [3.8, 4) is 0 Å². The number of hydrogen-bond acceptors (Lipinski definition) is 4. The summed E-state index contributed by atoms with van der Waals surface area (Å²) in [6.45, 7) is 0.933. The van der Waals surface area contributed by atoms with Gasteiger partial charge in [0, 0.05) is 0 Å². The number of aliphatic hydroxyl groups excluding tert-OH is 2. The predicted molar refractivity (Wildman–Crippen MR) is 38.4 cm³/mol. The molecule has 0 aliphatic carbocycles. The fourth-order valence-corrected chi connectivity index (χ4v) is 0.386. The molecule has 0 aromatic carbocycles. The maximum absolute atomic E-state index is 10.2. The zero-order valence-electron chi connectivity index (χ0n) is 6.24. The molecular weight excluding hydrogens is 150 g/mol. The van der Waals surface area contributed by atoms with Crippen LogP contribution in [0.3, 0.4) is 0 Å². The third kappa shape index (κ3) is 3.17. The van der Waals surface area contributed by atoms with Gasteiger partial charge < -0.3 is 27.0 Å². The number of primary amides is 1. The minimum absolute atomic E-state index is 0.450. The summed E-state index contributed by atoms with van der Waals surface area (Å²) in [5.41, 5.74) is 8.77. The molecule has 0 rings (SSSR count). The Bertz CT molecular complexity index is 148. The molecule has 11 heavy (non-hydrogen) atoms. The van der Waals surface area contributed by atoms with Crippen molar-refractivity contribution in [1.29, 1.82) is 0 Å². The van der Waals surface area contributed by atoms with Crippen LogP contribution in [0.1, 0.15) is 6.92 Å². The van der Waals surface area contributed by atoms with Crippen LogP contribution in [0.4, 0.5) is 4.79 Å². The van der Waals surface area contributed by atoms with Gasteiger partial charge in [-0.25, -0.2) is 4.79 Å². The molecule has 2 unspecified atom stereocenters.